The summed E-state index contributed by atoms with van der Waals surface area (Å²) in [4.78, 5) is 23.2. The van der Waals surface area contributed by atoms with Crippen LogP contribution in [0.25, 0.3) is 0 Å². The number of ether oxygens (including phenoxy) is 1. The van der Waals surface area contributed by atoms with E-state index in [-0.39, 0.29) is 17.2 Å². The van der Waals surface area contributed by atoms with E-state index in [0.29, 0.717) is 30.3 Å². The highest BCUT2D eigenvalue weighted by Gasteiger charge is 2.55. The maximum absolute atomic E-state index is 14.0. The molecule has 1 fully saturated rings. The van der Waals surface area contributed by atoms with Gasteiger partial charge in [-0.2, -0.15) is 0 Å². The summed E-state index contributed by atoms with van der Waals surface area (Å²) in [5.74, 6) is -0.159. The Morgan fingerprint density at radius 2 is 1.91 bits per heavy atom. The van der Waals surface area contributed by atoms with Crippen LogP contribution < -0.4 is 5.32 Å². The van der Waals surface area contributed by atoms with Crippen molar-refractivity contribution in [1.82, 2.24) is 15.1 Å². The SMILES string of the molecule is CC(C)(C)N1C=N[C@](C(=O)NCCN2CCOCC2)(c2ccccc2)[C@@H]1c1ccc(Cl)cc1O. The molecule has 182 valence electrons. The van der Waals surface area contributed by atoms with Crippen LogP contribution in [0, 0.1) is 0 Å². The number of aliphatic imine (C=N–C) groups is 1. The molecular weight excluding hydrogens is 452 g/mol. The highest BCUT2D eigenvalue weighted by Crippen LogP contribution is 2.50. The van der Waals surface area contributed by atoms with Crippen molar-refractivity contribution < 1.29 is 14.6 Å². The van der Waals surface area contributed by atoms with Crippen LogP contribution in [0.4, 0.5) is 0 Å². The molecule has 2 aromatic rings. The van der Waals surface area contributed by atoms with Gasteiger partial charge in [0, 0.05) is 42.3 Å². The lowest BCUT2D eigenvalue weighted by Gasteiger charge is -2.43. The monoisotopic (exact) mass is 484 g/mol. The zero-order chi connectivity index (χ0) is 24.3. The Bertz CT molecular complexity index is 1030. The van der Waals surface area contributed by atoms with Crippen LogP contribution in [-0.2, 0) is 15.1 Å². The van der Waals surface area contributed by atoms with E-state index < -0.39 is 11.6 Å². The number of nitrogens with one attached hydrogen (secondary N) is 1. The smallest absolute Gasteiger partial charge is 0.255 e. The third kappa shape index (κ3) is 4.78. The van der Waals surface area contributed by atoms with Gasteiger partial charge in [0.1, 0.15) is 5.75 Å². The minimum absolute atomic E-state index is 0.0404. The van der Waals surface area contributed by atoms with Crippen molar-refractivity contribution in [3.8, 4) is 5.75 Å². The van der Waals surface area contributed by atoms with E-state index in [2.05, 4.69) is 31.0 Å². The van der Waals surface area contributed by atoms with Crippen molar-refractivity contribution in [3.05, 3.63) is 64.7 Å². The van der Waals surface area contributed by atoms with E-state index in [0.717, 1.165) is 25.2 Å². The summed E-state index contributed by atoms with van der Waals surface area (Å²) >= 11 is 6.15. The van der Waals surface area contributed by atoms with Crippen LogP contribution in [0.5, 0.6) is 5.75 Å². The third-order valence-corrected chi connectivity index (χ3v) is 6.73. The fourth-order valence-corrected chi connectivity index (χ4v) is 4.87. The minimum Gasteiger partial charge on any atom is -0.508 e. The average Bonchev–Trinajstić information content (AvgIpc) is 3.22. The van der Waals surface area contributed by atoms with Gasteiger partial charge in [0.25, 0.3) is 5.91 Å². The molecule has 2 atom stereocenters. The molecule has 1 saturated heterocycles. The van der Waals surface area contributed by atoms with E-state index in [9.17, 15) is 9.90 Å². The summed E-state index contributed by atoms with van der Waals surface area (Å²) in [6.07, 6.45) is 1.74. The highest BCUT2D eigenvalue weighted by molar-refractivity contribution is 6.30. The number of phenols is 1. The predicted molar refractivity (Wildman–Crippen MR) is 134 cm³/mol. The topological polar surface area (TPSA) is 77.4 Å². The number of hydrogen-bond donors (Lipinski definition) is 2. The first-order valence-corrected chi connectivity index (χ1v) is 12.1. The van der Waals surface area contributed by atoms with Gasteiger partial charge in [-0.3, -0.25) is 14.7 Å². The van der Waals surface area contributed by atoms with E-state index >= 15 is 0 Å². The average molecular weight is 485 g/mol. The van der Waals surface area contributed by atoms with Crippen LogP contribution in [0.15, 0.2) is 53.5 Å². The molecule has 0 spiro atoms. The second-order valence-corrected chi connectivity index (χ2v) is 10.2. The zero-order valence-corrected chi connectivity index (χ0v) is 20.8. The lowest BCUT2D eigenvalue weighted by molar-refractivity contribution is -0.128. The van der Waals surface area contributed by atoms with E-state index in [4.69, 9.17) is 21.3 Å². The molecule has 0 aliphatic carbocycles. The number of rotatable bonds is 6. The molecule has 0 saturated carbocycles. The van der Waals surface area contributed by atoms with Crippen molar-refractivity contribution in [2.24, 2.45) is 4.99 Å². The number of nitrogens with zero attached hydrogens (tertiary/aromatic N) is 3. The summed E-state index contributed by atoms with van der Waals surface area (Å²) in [6.45, 7) is 10.6. The molecule has 0 radical (unpaired) electrons. The number of hydrogen-bond acceptors (Lipinski definition) is 6. The van der Waals surface area contributed by atoms with E-state index in [1.165, 1.54) is 6.07 Å². The van der Waals surface area contributed by atoms with Crippen molar-refractivity contribution in [1.29, 1.82) is 0 Å². The molecule has 2 aliphatic heterocycles. The Morgan fingerprint density at radius 3 is 2.56 bits per heavy atom. The normalized spacial score (nSPS) is 23.3. The molecule has 4 rings (SSSR count). The molecule has 2 heterocycles. The lowest BCUT2D eigenvalue weighted by atomic mass is 9.77. The number of carbonyl (C=O) groups is 1. The van der Waals surface area contributed by atoms with Crippen LogP contribution in [0.1, 0.15) is 37.9 Å². The van der Waals surface area contributed by atoms with E-state index in [1.807, 2.05) is 35.2 Å². The third-order valence-electron chi connectivity index (χ3n) is 6.50. The molecule has 8 heteroatoms. The first kappa shape index (κ1) is 24.5. The fraction of sp³-hybridized carbons (Fsp3) is 0.462. The molecule has 0 unspecified atom stereocenters. The van der Waals surface area contributed by atoms with Crippen molar-refractivity contribution >= 4 is 23.8 Å². The van der Waals surface area contributed by atoms with Gasteiger partial charge in [-0.05, 0) is 38.5 Å². The van der Waals surface area contributed by atoms with Crippen LogP contribution >= 0.6 is 11.6 Å². The zero-order valence-electron chi connectivity index (χ0n) is 20.0. The van der Waals surface area contributed by atoms with Gasteiger partial charge in [0.15, 0.2) is 5.54 Å². The number of amides is 1. The lowest BCUT2D eigenvalue weighted by Crippen LogP contribution is -2.53. The second kappa shape index (κ2) is 9.94. The Hall–Kier alpha value is -2.61. The Kier molecular flexibility index (Phi) is 7.17. The highest BCUT2D eigenvalue weighted by atomic mass is 35.5. The number of benzene rings is 2. The van der Waals surface area contributed by atoms with Gasteiger partial charge in [0.2, 0.25) is 0 Å². The minimum atomic E-state index is -1.27. The molecule has 2 N–H and O–H groups in total. The van der Waals surface area contributed by atoms with Crippen LogP contribution in [-0.4, -0.2) is 72.1 Å². The summed E-state index contributed by atoms with van der Waals surface area (Å²) in [7, 11) is 0. The van der Waals surface area contributed by atoms with Crippen molar-refractivity contribution in [3.63, 3.8) is 0 Å². The standard InChI is InChI=1S/C26H33ClN4O3/c1-25(2,3)31-18-29-26(19-7-5-4-6-8-19,23(31)21-10-9-20(27)17-22(21)32)24(33)28-11-12-30-13-15-34-16-14-30/h4-10,17-18,23,32H,11-16H2,1-3H3,(H,28,33)/t23-,26+/m0/s1. The number of aromatic hydroxyl groups is 1. The molecular formula is C26H33ClN4O3. The van der Waals surface area contributed by atoms with Gasteiger partial charge in [-0.1, -0.05) is 48.0 Å². The maximum Gasteiger partial charge on any atom is 0.255 e. The van der Waals surface area contributed by atoms with Gasteiger partial charge < -0.3 is 20.1 Å². The Morgan fingerprint density at radius 1 is 1.21 bits per heavy atom. The fourth-order valence-electron chi connectivity index (χ4n) is 4.70. The molecule has 34 heavy (non-hydrogen) atoms. The summed E-state index contributed by atoms with van der Waals surface area (Å²) in [5.41, 5.74) is -0.263. The van der Waals surface area contributed by atoms with Crippen molar-refractivity contribution in [2.75, 3.05) is 39.4 Å². The molecule has 2 aromatic carbocycles. The number of halogens is 1. The van der Waals surface area contributed by atoms with Crippen LogP contribution in [0.3, 0.4) is 0 Å². The molecule has 0 aromatic heterocycles. The summed E-state index contributed by atoms with van der Waals surface area (Å²) < 4.78 is 5.42. The largest absolute Gasteiger partial charge is 0.508 e. The predicted octanol–water partition coefficient (Wildman–Crippen LogP) is 3.57. The van der Waals surface area contributed by atoms with Gasteiger partial charge in [-0.25, -0.2) is 0 Å². The summed E-state index contributed by atoms with van der Waals surface area (Å²) in [6, 6.07) is 14.1. The molecule has 2 aliphatic rings. The van der Waals surface area contributed by atoms with Gasteiger partial charge in [0.05, 0.1) is 25.6 Å². The first-order valence-electron chi connectivity index (χ1n) is 11.7. The number of carbonyl (C=O) groups excluding carboxylic acids is 1. The van der Waals surface area contributed by atoms with Gasteiger partial charge in [-0.15, -0.1) is 0 Å². The molecule has 7 nitrogen and oxygen atoms in total. The van der Waals surface area contributed by atoms with Crippen molar-refractivity contribution in [2.45, 2.75) is 37.9 Å². The van der Waals surface area contributed by atoms with E-state index in [1.54, 1.807) is 18.5 Å². The maximum atomic E-state index is 14.0. The summed E-state index contributed by atoms with van der Waals surface area (Å²) in [5, 5.41) is 14.5. The quantitative estimate of drug-likeness (QED) is 0.655. The van der Waals surface area contributed by atoms with Gasteiger partial charge >= 0.3 is 0 Å². The Labute approximate surface area is 206 Å². The van der Waals surface area contributed by atoms with Crippen LogP contribution in [0.2, 0.25) is 5.02 Å². The second-order valence-electron chi connectivity index (χ2n) is 9.77. The Balaban J connectivity index is 1.74. The number of phenolic OH excluding ortho intramolecular Hbond substituents is 1. The first-order chi connectivity index (χ1) is 16.2. The number of morpholine rings is 1. The molecule has 1 amide bonds. The molecule has 0 bridgehead atoms.